The van der Waals surface area contributed by atoms with Crippen molar-refractivity contribution in [2.45, 2.75) is 53.0 Å². The number of rotatable bonds is 5. The molecule has 1 aromatic heterocycles. The van der Waals surface area contributed by atoms with Crippen molar-refractivity contribution in [2.75, 3.05) is 5.32 Å². The molecule has 1 fully saturated rings. The fourth-order valence-electron chi connectivity index (χ4n) is 4.04. The first-order valence-corrected chi connectivity index (χ1v) is 10.0. The molecule has 2 N–H and O–H groups in total. The normalized spacial score (nSPS) is 19.1. The highest BCUT2D eigenvalue weighted by molar-refractivity contribution is 5.94. The van der Waals surface area contributed by atoms with Crippen LogP contribution in [0.5, 0.6) is 0 Å². The number of nitrogens with zero attached hydrogens (tertiary/aromatic N) is 1. The number of pyridine rings is 1. The van der Waals surface area contributed by atoms with Gasteiger partial charge < -0.3 is 10.6 Å². The first-order valence-electron chi connectivity index (χ1n) is 10.0. The second-order valence-corrected chi connectivity index (χ2v) is 7.85. The molecule has 0 saturated heterocycles. The molecular weight excluding hydrogens is 350 g/mol. The van der Waals surface area contributed by atoms with Crippen molar-refractivity contribution < 1.29 is 9.59 Å². The van der Waals surface area contributed by atoms with Gasteiger partial charge in [-0.3, -0.25) is 14.6 Å². The zero-order valence-corrected chi connectivity index (χ0v) is 16.9. The Kier molecular flexibility index (Phi) is 6.45. The summed E-state index contributed by atoms with van der Waals surface area (Å²) in [7, 11) is 0. The van der Waals surface area contributed by atoms with Crippen LogP contribution in [-0.2, 0) is 16.1 Å². The summed E-state index contributed by atoms with van der Waals surface area (Å²) in [6.45, 7) is 6.56. The molecule has 0 unspecified atom stereocenters. The lowest BCUT2D eigenvalue weighted by atomic mass is 9.81. The van der Waals surface area contributed by atoms with E-state index in [1.165, 1.54) is 5.56 Å². The Morgan fingerprint density at radius 2 is 1.57 bits per heavy atom. The summed E-state index contributed by atoms with van der Waals surface area (Å²) in [6, 6.07) is 9.85. The highest BCUT2D eigenvalue weighted by Gasteiger charge is 2.30. The standard InChI is InChI=1S/C23H29N3O2/c1-15-12-16(2)21(17(3)13-15)26-23(28)19-9-7-18(8-10-19)22(27)25-14-20-6-4-5-11-24-20/h4-6,11-13,18-19H,7-10,14H2,1-3H3,(H,25,27)(H,26,28). The molecule has 5 nitrogen and oxygen atoms in total. The van der Waals surface area contributed by atoms with E-state index >= 15 is 0 Å². The fourth-order valence-corrected chi connectivity index (χ4v) is 4.04. The molecule has 2 aromatic rings. The van der Waals surface area contributed by atoms with E-state index in [0.29, 0.717) is 6.54 Å². The van der Waals surface area contributed by atoms with Crippen LogP contribution in [0.1, 0.15) is 48.1 Å². The largest absolute Gasteiger partial charge is 0.350 e. The van der Waals surface area contributed by atoms with Gasteiger partial charge in [0.2, 0.25) is 11.8 Å². The number of benzene rings is 1. The van der Waals surface area contributed by atoms with Crippen LogP contribution in [0.2, 0.25) is 0 Å². The van der Waals surface area contributed by atoms with Crippen molar-refractivity contribution in [3.05, 3.63) is 58.9 Å². The van der Waals surface area contributed by atoms with Gasteiger partial charge in [-0.2, -0.15) is 0 Å². The maximum Gasteiger partial charge on any atom is 0.227 e. The Labute approximate surface area is 167 Å². The number of hydrogen-bond acceptors (Lipinski definition) is 3. The van der Waals surface area contributed by atoms with E-state index in [0.717, 1.165) is 48.2 Å². The van der Waals surface area contributed by atoms with E-state index in [1.54, 1.807) is 6.20 Å². The second kappa shape index (κ2) is 9.00. The predicted molar refractivity (Wildman–Crippen MR) is 111 cm³/mol. The minimum absolute atomic E-state index is 0.0180. The molecule has 2 amide bonds. The Balaban J connectivity index is 1.49. The van der Waals surface area contributed by atoms with Crippen molar-refractivity contribution in [1.29, 1.82) is 0 Å². The number of hydrogen-bond donors (Lipinski definition) is 2. The molecule has 0 atom stereocenters. The summed E-state index contributed by atoms with van der Waals surface area (Å²) in [6.07, 6.45) is 4.72. The summed E-state index contributed by atoms with van der Waals surface area (Å²) in [4.78, 5) is 29.4. The number of aryl methyl sites for hydroxylation is 3. The summed E-state index contributed by atoms with van der Waals surface area (Å²) in [5.41, 5.74) is 5.16. The number of amides is 2. The number of carbonyl (C=O) groups excluding carboxylic acids is 2. The van der Waals surface area contributed by atoms with Crippen LogP contribution in [0.15, 0.2) is 36.5 Å². The number of nitrogens with one attached hydrogen (secondary N) is 2. The SMILES string of the molecule is Cc1cc(C)c(NC(=O)C2CCC(C(=O)NCc3ccccn3)CC2)c(C)c1. The third-order valence-electron chi connectivity index (χ3n) is 5.56. The molecule has 28 heavy (non-hydrogen) atoms. The van der Waals surface area contributed by atoms with Crippen molar-refractivity contribution in [2.24, 2.45) is 11.8 Å². The average Bonchev–Trinajstić information content (AvgIpc) is 2.69. The number of aromatic nitrogens is 1. The van der Waals surface area contributed by atoms with Crippen LogP contribution >= 0.6 is 0 Å². The minimum atomic E-state index is -0.0278. The first-order chi connectivity index (χ1) is 13.4. The van der Waals surface area contributed by atoms with E-state index in [9.17, 15) is 9.59 Å². The lowest BCUT2D eigenvalue weighted by Crippen LogP contribution is -2.35. The molecule has 1 saturated carbocycles. The lowest BCUT2D eigenvalue weighted by Gasteiger charge is -2.27. The quantitative estimate of drug-likeness (QED) is 0.823. The number of anilines is 1. The Bertz CT molecular complexity index is 817. The Morgan fingerprint density at radius 3 is 2.14 bits per heavy atom. The second-order valence-electron chi connectivity index (χ2n) is 7.85. The van der Waals surface area contributed by atoms with Gasteiger partial charge in [0.05, 0.1) is 12.2 Å². The van der Waals surface area contributed by atoms with Gasteiger partial charge in [-0.05, 0) is 69.7 Å². The van der Waals surface area contributed by atoms with Gasteiger partial charge in [-0.15, -0.1) is 0 Å². The van der Waals surface area contributed by atoms with E-state index in [4.69, 9.17) is 0 Å². The number of carbonyl (C=O) groups is 2. The first kappa shape index (κ1) is 20.1. The molecular formula is C23H29N3O2. The van der Waals surface area contributed by atoms with Crippen molar-refractivity contribution in [3.63, 3.8) is 0 Å². The smallest absolute Gasteiger partial charge is 0.227 e. The molecule has 0 radical (unpaired) electrons. The van der Waals surface area contributed by atoms with Crippen LogP contribution in [0.3, 0.4) is 0 Å². The maximum atomic E-state index is 12.7. The molecule has 5 heteroatoms. The van der Waals surface area contributed by atoms with Gasteiger partial charge >= 0.3 is 0 Å². The Morgan fingerprint density at radius 1 is 0.964 bits per heavy atom. The summed E-state index contributed by atoms with van der Waals surface area (Å²) < 4.78 is 0. The van der Waals surface area contributed by atoms with Crippen LogP contribution in [0, 0.1) is 32.6 Å². The van der Waals surface area contributed by atoms with Gasteiger partial charge in [0.25, 0.3) is 0 Å². The van der Waals surface area contributed by atoms with Crippen molar-refractivity contribution >= 4 is 17.5 Å². The molecule has 1 heterocycles. The summed E-state index contributed by atoms with van der Waals surface area (Å²) in [5.74, 6) is 0.0904. The molecule has 148 valence electrons. The van der Waals surface area contributed by atoms with Crippen LogP contribution < -0.4 is 10.6 Å². The van der Waals surface area contributed by atoms with Gasteiger partial charge in [0.1, 0.15) is 0 Å². The fraction of sp³-hybridized carbons (Fsp3) is 0.435. The van der Waals surface area contributed by atoms with Gasteiger partial charge in [0, 0.05) is 23.7 Å². The molecule has 1 aliphatic rings. The molecule has 1 aromatic carbocycles. The van der Waals surface area contributed by atoms with E-state index in [-0.39, 0.29) is 23.7 Å². The van der Waals surface area contributed by atoms with Crippen LogP contribution in [0.25, 0.3) is 0 Å². The zero-order valence-electron chi connectivity index (χ0n) is 16.9. The highest BCUT2D eigenvalue weighted by Crippen LogP contribution is 2.31. The monoisotopic (exact) mass is 379 g/mol. The van der Waals surface area contributed by atoms with Crippen LogP contribution in [-0.4, -0.2) is 16.8 Å². The molecule has 0 spiro atoms. The molecule has 0 bridgehead atoms. The Hall–Kier alpha value is -2.69. The van der Waals surface area contributed by atoms with E-state index in [2.05, 4.69) is 34.7 Å². The van der Waals surface area contributed by atoms with Crippen molar-refractivity contribution in [3.8, 4) is 0 Å². The van der Waals surface area contributed by atoms with Crippen LogP contribution in [0.4, 0.5) is 5.69 Å². The topological polar surface area (TPSA) is 71.1 Å². The molecule has 3 rings (SSSR count). The average molecular weight is 380 g/mol. The molecule has 0 aliphatic heterocycles. The zero-order chi connectivity index (χ0) is 20.1. The third-order valence-corrected chi connectivity index (χ3v) is 5.56. The van der Waals surface area contributed by atoms with Gasteiger partial charge in [-0.1, -0.05) is 23.8 Å². The lowest BCUT2D eigenvalue weighted by molar-refractivity contribution is -0.128. The summed E-state index contributed by atoms with van der Waals surface area (Å²) >= 11 is 0. The highest BCUT2D eigenvalue weighted by atomic mass is 16.2. The van der Waals surface area contributed by atoms with Gasteiger partial charge in [-0.25, -0.2) is 0 Å². The third kappa shape index (κ3) is 4.97. The van der Waals surface area contributed by atoms with Crippen molar-refractivity contribution in [1.82, 2.24) is 10.3 Å². The summed E-state index contributed by atoms with van der Waals surface area (Å²) in [5, 5.41) is 6.09. The van der Waals surface area contributed by atoms with Gasteiger partial charge in [0.15, 0.2) is 0 Å². The minimum Gasteiger partial charge on any atom is -0.350 e. The maximum absolute atomic E-state index is 12.7. The van der Waals surface area contributed by atoms with E-state index in [1.807, 2.05) is 32.0 Å². The predicted octanol–water partition coefficient (Wildman–Crippen LogP) is 4.07. The molecule has 1 aliphatic carbocycles. The van der Waals surface area contributed by atoms with E-state index < -0.39 is 0 Å².